The second-order valence-electron chi connectivity index (χ2n) is 16.7. The minimum absolute atomic E-state index is 0.0253. The summed E-state index contributed by atoms with van der Waals surface area (Å²) in [6.07, 6.45) is -14.3. The Kier molecular flexibility index (Phi) is 14.7. The molecule has 6 aromatic carbocycles. The maximum Gasteiger partial charge on any atom is 0.218 e. The summed E-state index contributed by atoms with van der Waals surface area (Å²) in [5.74, 6) is 1.000. The molecule has 0 bridgehead atoms. The van der Waals surface area contributed by atoms with E-state index in [0.717, 1.165) is 27.5 Å². The highest BCUT2D eigenvalue weighted by Gasteiger charge is 2.58. The van der Waals surface area contributed by atoms with Gasteiger partial charge >= 0.3 is 0 Å². The molecule has 3 aliphatic heterocycles. The molecule has 14 nitrogen and oxygen atoms in total. The summed E-state index contributed by atoms with van der Waals surface area (Å²) in [5.41, 5.74) is 3.50. The average molecular weight is 902 g/mol. The third-order valence-electron chi connectivity index (χ3n) is 12.4. The minimum Gasteiger partial charge on any atom is -0.497 e. The summed E-state index contributed by atoms with van der Waals surface area (Å²) in [5, 5.41) is 60.4. The van der Waals surface area contributed by atoms with Crippen molar-refractivity contribution in [2.24, 2.45) is 0 Å². The molecule has 346 valence electrons. The molecule has 0 amide bonds. The number of rotatable bonds is 17. The highest BCUT2D eigenvalue weighted by molar-refractivity contribution is 5.82. The van der Waals surface area contributed by atoms with E-state index in [-0.39, 0.29) is 26.4 Å². The second-order valence-corrected chi connectivity index (χ2v) is 16.7. The number of aliphatic hydroxyl groups is 5. The van der Waals surface area contributed by atoms with E-state index in [1.54, 1.807) is 55.6 Å². The van der Waals surface area contributed by atoms with Gasteiger partial charge in [0, 0.05) is 11.1 Å². The normalized spacial score (nSPS) is 28.8. The van der Waals surface area contributed by atoms with Crippen LogP contribution >= 0.6 is 0 Å². The van der Waals surface area contributed by atoms with Gasteiger partial charge in [-0.05, 0) is 57.8 Å². The van der Waals surface area contributed by atoms with Gasteiger partial charge in [0.25, 0.3) is 0 Å². The Morgan fingerprint density at radius 1 is 0.530 bits per heavy atom. The van der Waals surface area contributed by atoms with Crippen molar-refractivity contribution in [1.82, 2.24) is 4.90 Å². The molecule has 3 aliphatic rings. The van der Waals surface area contributed by atoms with Gasteiger partial charge < -0.3 is 63.4 Å². The molecular formula is C52H55NO13. The first kappa shape index (κ1) is 45.8. The lowest BCUT2D eigenvalue weighted by Crippen LogP contribution is -2.69. The smallest absolute Gasteiger partial charge is 0.218 e. The average Bonchev–Trinajstić information content (AvgIpc) is 3.60. The fraction of sp³-hybridized carbons (Fsp3) is 0.346. The zero-order valence-corrected chi connectivity index (χ0v) is 36.3. The van der Waals surface area contributed by atoms with Crippen LogP contribution in [0.1, 0.15) is 40.3 Å². The Labute approximate surface area is 383 Å². The first-order chi connectivity index (χ1) is 32.3. The van der Waals surface area contributed by atoms with Crippen molar-refractivity contribution in [2.75, 3.05) is 20.3 Å². The highest BCUT2D eigenvalue weighted by Crippen LogP contribution is 2.46. The van der Waals surface area contributed by atoms with Crippen molar-refractivity contribution < 1.29 is 63.4 Å². The summed E-state index contributed by atoms with van der Waals surface area (Å²) >= 11 is 0. The molecule has 66 heavy (non-hydrogen) atoms. The number of fused-ring (bicyclic) bond motifs is 2. The van der Waals surface area contributed by atoms with Crippen LogP contribution in [0.4, 0.5) is 0 Å². The molecule has 0 aliphatic carbocycles. The van der Waals surface area contributed by atoms with Crippen molar-refractivity contribution in [1.29, 1.82) is 0 Å². The molecule has 0 saturated carbocycles. The maximum atomic E-state index is 12.1. The molecular weight excluding hydrogens is 847 g/mol. The van der Waals surface area contributed by atoms with Crippen molar-refractivity contribution in [3.05, 3.63) is 179 Å². The summed E-state index contributed by atoms with van der Waals surface area (Å²) in [6.45, 7) is -0.417. The molecule has 14 heteroatoms. The second kappa shape index (κ2) is 21.1. The van der Waals surface area contributed by atoms with Gasteiger partial charge in [-0.15, -0.1) is 0 Å². The van der Waals surface area contributed by atoms with Crippen LogP contribution in [0, 0.1) is 0 Å². The van der Waals surface area contributed by atoms with E-state index in [1.807, 2.05) is 103 Å². The Morgan fingerprint density at radius 2 is 1.11 bits per heavy atom. The van der Waals surface area contributed by atoms with Crippen LogP contribution in [0.3, 0.4) is 0 Å². The topological polar surface area (TPSA) is 178 Å². The zero-order chi connectivity index (χ0) is 45.6. The van der Waals surface area contributed by atoms with E-state index in [4.69, 9.17) is 37.9 Å². The monoisotopic (exact) mass is 901 g/mol. The molecule has 2 fully saturated rings. The lowest BCUT2D eigenvalue weighted by molar-refractivity contribution is -0.361. The number of nitrogens with zero attached hydrogens (tertiary/aromatic N) is 1. The Bertz CT molecular complexity index is 2430. The predicted octanol–water partition coefficient (Wildman–Crippen LogP) is 5.53. The fourth-order valence-electron chi connectivity index (χ4n) is 9.01. The fourth-order valence-corrected chi connectivity index (χ4v) is 9.01. The largest absolute Gasteiger partial charge is 0.497 e. The van der Waals surface area contributed by atoms with Crippen LogP contribution in [0.5, 0.6) is 11.5 Å². The molecule has 0 spiro atoms. The van der Waals surface area contributed by atoms with Crippen LogP contribution in [-0.2, 0) is 48.2 Å². The molecule has 0 radical (unpaired) electrons. The molecule has 2 unspecified atom stereocenters. The third-order valence-corrected chi connectivity index (χ3v) is 12.4. The number of ether oxygens (including phenoxy) is 8. The minimum atomic E-state index is -1.59. The van der Waals surface area contributed by atoms with E-state index < -0.39 is 80.4 Å². The van der Waals surface area contributed by atoms with Crippen LogP contribution in [0.25, 0.3) is 10.8 Å². The number of hydrogen-bond acceptors (Lipinski definition) is 14. The molecule has 9 rings (SSSR count). The summed E-state index contributed by atoms with van der Waals surface area (Å²) < 4.78 is 51.6. The van der Waals surface area contributed by atoms with Gasteiger partial charge in [0.15, 0.2) is 6.29 Å². The maximum absolute atomic E-state index is 12.1. The van der Waals surface area contributed by atoms with Gasteiger partial charge in [0.1, 0.15) is 72.7 Å². The van der Waals surface area contributed by atoms with Crippen molar-refractivity contribution in [3.63, 3.8) is 0 Å². The van der Waals surface area contributed by atoms with E-state index in [2.05, 4.69) is 0 Å². The summed E-state index contributed by atoms with van der Waals surface area (Å²) in [4.78, 5) is 1.47. The van der Waals surface area contributed by atoms with Gasteiger partial charge in [-0.1, -0.05) is 121 Å². The number of hydrogen-bond donors (Lipinski definition) is 5. The molecule has 6 aromatic rings. The van der Waals surface area contributed by atoms with E-state index in [1.165, 1.54) is 4.90 Å². The van der Waals surface area contributed by atoms with Gasteiger partial charge in [0.2, 0.25) is 6.29 Å². The first-order valence-electron chi connectivity index (χ1n) is 22.1. The zero-order valence-electron chi connectivity index (χ0n) is 36.3. The molecule has 5 N–H and O–H groups in total. The van der Waals surface area contributed by atoms with Gasteiger partial charge in [-0.25, -0.2) is 4.90 Å². The van der Waals surface area contributed by atoms with E-state index in [0.29, 0.717) is 22.6 Å². The number of methoxy groups -OCH3 is 1. The van der Waals surface area contributed by atoms with Crippen molar-refractivity contribution >= 4 is 10.8 Å². The van der Waals surface area contributed by atoms with Gasteiger partial charge in [-0.3, -0.25) is 0 Å². The van der Waals surface area contributed by atoms with Crippen LogP contribution in [0.2, 0.25) is 0 Å². The summed E-state index contributed by atoms with van der Waals surface area (Å²) in [7, 11) is 1.56. The highest BCUT2D eigenvalue weighted by atomic mass is 16.7. The van der Waals surface area contributed by atoms with Crippen LogP contribution < -0.4 is 9.47 Å². The molecule has 0 aromatic heterocycles. The van der Waals surface area contributed by atoms with Crippen molar-refractivity contribution in [3.8, 4) is 11.5 Å². The number of benzene rings is 6. The van der Waals surface area contributed by atoms with Gasteiger partial charge in [-0.2, -0.15) is 0 Å². The van der Waals surface area contributed by atoms with Gasteiger partial charge in [0.05, 0.1) is 40.1 Å². The first-order valence-corrected chi connectivity index (χ1v) is 22.1. The quantitative estimate of drug-likeness (QED) is 0.0772. The third kappa shape index (κ3) is 10.0. The predicted molar refractivity (Wildman–Crippen MR) is 241 cm³/mol. The van der Waals surface area contributed by atoms with Crippen molar-refractivity contribution in [2.45, 2.75) is 93.6 Å². The summed E-state index contributed by atoms with van der Waals surface area (Å²) in [6, 6.07) is 45.7. The molecule has 2 saturated heterocycles. The van der Waals surface area contributed by atoms with Crippen LogP contribution in [-0.4, -0.2) is 112 Å². The lowest BCUT2D eigenvalue weighted by Gasteiger charge is -2.51. The van der Waals surface area contributed by atoms with Crippen LogP contribution in [0.15, 0.2) is 152 Å². The Morgan fingerprint density at radius 3 is 1.77 bits per heavy atom. The standard InChI is InChI=1S/C52H55NO13/c1-59-37-22-24-38(25-23-37)63-51-43(53-49(57)39-18-10-11-19-40(39)50(53)58)47(61-29-33-14-6-3-7-15-33)46(42(65-51)31-60-28-32-12-4-2-5-13-32)66-52-45(56)48(44(55)41(27-54)64-52)62-30-34-20-21-35-16-8-9-17-36(35)26-34/h2-26,41-52,54-58H,27-31H2,1H3/t41-,42-,43-,44-,45-,46-,47-,48+,49?,50?,51-,52+/m0/s1. The molecule has 12 atom stereocenters. The Hall–Kier alpha value is -5.30. The number of aliphatic hydroxyl groups excluding tert-OH is 5. The van der Waals surface area contributed by atoms with E-state index >= 15 is 0 Å². The van der Waals surface area contributed by atoms with E-state index in [9.17, 15) is 25.5 Å². The Balaban J connectivity index is 1.09. The molecule has 3 heterocycles. The SMILES string of the molecule is COc1ccc(O[C@H]2O[C@@H](COCc3ccccc3)[C@H](O[C@H]3O[C@@H](CO)[C@H](O)[C@@H](OCc4ccc5ccccc5c4)[C@@H]3O)[C@@H](OCc3ccccc3)[C@@H]2N2C(O)c3ccccc3C2O)cc1. The lowest BCUT2D eigenvalue weighted by atomic mass is 9.93.